The van der Waals surface area contributed by atoms with E-state index in [1.807, 2.05) is 6.08 Å². The molecule has 0 unspecified atom stereocenters. The third-order valence-electron chi connectivity index (χ3n) is 2.38. The molecule has 0 spiro atoms. The minimum atomic E-state index is -0.346. The summed E-state index contributed by atoms with van der Waals surface area (Å²) in [6.45, 7) is 0.788. The molecule has 80 valence electrons. The van der Waals surface area contributed by atoms with E-state index in [4.69, 9.17) is 11.6 Å². The van der Waals surface area contributed by atoms with Gasteiger partial charge in [-0.15, -0.1) is 0 Å². The molecular weight excluding hydrogens is 213 g/mol. The van der Waals surface area contributed by atoms with Crippen LogP contribution in [0.25, 0.3) is 6.08 Å². The van der Waals surface area contributed by atoms with Crippen LogP contribution in [0.3, 0.4) is 0 Å². The SMILES string of the molecule is Fc1c(Cl)cccc1/C=C/CNC1CC1. The smallest absolute Gasteiger partial charge is 0.148 e. The molecular formula is C12H13ClFN. The van der Waals surface area contributed by atoms with E-state index in [9.17, 15) is 4.39 Å². The normalized spacial score (nSPS) is 16.1. The van der Waals surface area contributed by atoms with Crippen molar-refractivity contribution in [1.29, 1.82) is 0 Å². The van der Waals surface area contributed by atoms with Gasteiger partial charge in [0.25, 0.3) is 0 Å². The van der Waals surface area contributed by atoms with Crippen LogP contribution in [0.2, 0.25) is 5.02 Å². The molecule has 1 saturated carbocycles. The molecule has 0 amide bonds. The van der Waals surface area contributed by atoms with E-state index in [1.54, 1.807) is 24.3 Å². The molecule has 0 atom stereocenters. The highest BCUT2D eigenvalue weighted by molar-refractivity contribution is 6.30. The summed E-state index contributed by atoms with van der Waals surface area (Å²) in [5, 5.41) is 3.49. The summed E-state index contributed by atoms with van der Waals surface area (Å²) >= 11 is 5.66. The molecule has 0 radical (unpaired) electrons. The quantitative estimate of drug-likeness (QED) is 0.830. The fourth-order valence-electron chi connectivity index (χ4n) is 1.36. The summed E-state index contributed by atoms with van der Waals surface area (Å²) < 4.78 is 13.4. The van der Waals surface area contributed by atoms with E-state index in [0.29, 0.717) is 11.6 Å². The average molecular weight is 226 g/mol. The van der Waals surface area contributed by atoms with Crippen LogP contribution in [0, 0.1) is 5.82 Å². The van der Waals surface area contributed by atoms with Gasteiger partial charge in [0.15, 0.2) is 0 Å². The Balaban J connectivity index is 1.93. The van der Waals surface area contributed by atoms with Crippen LogP contribution in [0.5, 0.6) is 0 Å². The molecule has 1 aliphatic carbocycles. The van der Waals surface area contributed by atoms with Crippen LogP contribution in [-0.4, -0.2) is 12.6 Å². The summed E-state index contributed by atoms with van der Waals surface area (Å²) in [6, 6.07) is 5.70. The van der Waals surface area contributed by atoms with Crippen LogP contribution in [0.1, 0.15) is 18.4 Å². The first-order valence-corrected chi connectivity index (χ1v) is 5.49. The van der Waals surface area contributed by atoms with Crippen LogP contribution in [-0.2, 0) is 0 Å². The summed E-state index contributed by atoms with van der Waals surface area (Å²) in [6.07, 6.45) is 6.21. The van der Waals surface area contributed by atoms with Gasteiger partial charge in [0.1, 0.15) is 5.82 Å². The summed E-state index contributed by atoms with van der Waals surface area (Å²) in [4.78, 5) is 0. The lowest BCUT2D eigenvalue weighted by Crippen LogP contribution is -2.15. The molecule has 1 aliphatic rings. The highest BCUT2D eigenvalue weighted by Crippen LogP contribution is 2.19. The van der Waals surface area contributed by atoms with Gasteiger partial charge in [-0.1, -0.05) is 35.9 Å². The predicted octanol–water partition coefficient (Wildman–Crippen LogP) is 3.24. The van der Waals surface area contributed by atoms with Crippen molar-refractivity contribution in [3.63, 3.8) is 0 Å². The number of rotatable bonds is 4. The van der Waals surface area contributed by atoms with Crippen LogP contribution >= 0.6 is 11.6 Å². The average Bonchev–Trinajstić information content (AvgIpc) is 3.02. The lowest BCUT2D eigenvalue weighted by Gasteiger charge is -1.99. The zero-order valence-corrected chi connectivity index (χ0v) is 9.10. The van der Waals surface area contributed by atoms with E-state index in [0.717, 1.165) is 6.54 Å². The van der Waals surface area contributed by atoms with Crippen LogP contribution in [0.15, 0.2) is 24.3 Å². The molecule has 0 saturated heterocycles. The molecule has 0 heterocycles. The fourth-order valence-corrected chi connectivity index (χ4v) is 1.54. The second-order valence-corrected chi connectivity index (χ2v) is 4.14. The molecule has 0 aliphatic heterocycles. The Hall–Kier alpha value is -0.860. The van der Waals surface area contributed by atoms with E-state index in [2.05, 4.69) is 5.32 Å². The van der Waals surface area contributed by atoms with Gasteiger partial charge in [0.2, 0.25) is 0 Å². The summed E-state index contributed by atoms with van der Waals surface area (Å²) in [5.74, 6) is -0.346. The first-order chi connectivity index (χ1) is 7.27. The molecule has 1 aromatic carbocycles. The predicted molar refractivity (Wildman–Crippen MR) is 61.5 cm³/mol. The van der Waals surface area contributed by atoms with Crippen LogP contribution in [0.4, 0.5) is 4.39 Å². The van der Waals surface area contributed by atoms with Crippen molar-refractivity contribution in [3.8, 4) is 0 Å². The summed E-state index contributed by atoms with van der Waals surface area (Å²) in [7, 11) is 0. The minimum Gasteiger partial charge on any atom is -0.311 e. The largest absolute Gasteiger partial charge is 0.311 e. The third-order valence-corrected chi connectivity index (χ3v) is 2.67. The van der Waals surface area contributed by atoms with Crippen molar-refractivity contribution in [2.24, 2.45) is 0 Å². The van der Waals surface area contributed by atoms with Crippen molar-refractivity contribution in [1.82, 2.24) is 5.32 Å². The Bertz CT molecular complexity index is 372. The molecule has 15 heavy (non-hydrogen) atoms. The van der Waals surface area contributed by atoms with Crippen molar-refractivity contribution in [2.75, 3.05) is 6.54 Å². The van der Waals surface area contributed by atoms with E-state index >= 15 is 0 Å². The maximum Gasteiger partial charge on any atom is 0.148 e. The zero-order valence-electron chi connectivity index (χ0n) is 8.34. The molecule has 1 aromatic rings. The van der Waals surface area contributed by atoms with Gasteiger partial charge in [-0.25, -0.2) is 4.39 Å². The highest BCUT2D eigenvalue weighted by atomic mass is 35.5. The monoisotopic (exact) mass is 225 g/mol. The van der Waals surface area contributed by atoms with Gasteiger partial charge >= 0.3 is 0 Å². The number of hydrogen-bond acceptors (Lipinski definition) is 1. The van der Waals surface area contributed by atoms with Gasteiger partial charge in [-0.2, -0.15) is 0 Å². The maximum absolute atomic E-state index is 13.4. The molecule has 1 nitrogen and oxygen atoms in total. The molecule has 3 heteroatoms. The first kappa shape index (κ1) is 10.7. The minimum absolute atomic E-state index is 0.173. The topological polar surface area (TPSA) is 12.0 Å². The second kappa shape index (κ2) is 4.77. The van der Waals surface area contributed by atoms with Crippen molar-refractivity contribution >= 4 is 17.7 Å². The van der Waals surface area contributed by atoms with Gasteiger partial charge in [0, 0.05) is 18.2 Å². The summed E-state index contributed by atoms with van der Waals surface area (Å²) in [5.41, 5.74) is 0.542. The molecule has 1 N–H and O–H groups in total. The standard InChI is InChI=1S/C12H13ClFN/c13-11-5-1-3-9(12(11)14)4-2-8-15-10-6-7-10/h1-5,10,15H,6-8H2/b4-2+. The van der Waals surface area contributed by atoms with Crippen molar-refractivity contribution < 1.29 is 4.39 Å². The zero-order chi connectivity index (χ0) is 10.7. The fraction of sp³-hybridized carbons (Fsp3) is 0.333. The molecule has 2 rings (SSSR count). The lowest BCUT2D eigenvalue weighted by atomic mass is 10.2. The number of benzene rings is 1. The van der Waals surface area contributed by atoms with Gasteiger partial charge in [0.05, 0.1) is 5.02 Å². The Morgan fingerprint density at radius 2 is 2.27 bits per heavy atom. The first-order valence-electron chi connectivity index (χ1n) is 5.11. The number of hydrogen-bond donors (Lipinski definition) is 1. The van der Waals surface area contributed by atoms with Crippen molar-refractivity contribution in [3.05, 3.63) is 40.7 Å². The van der Waals surface area contributed by atoms with Crippen molar-refractivity contribution in [2.45, 2.75) is 18.9 Å². The number of nitrogens with one attached hydrogen (secondary N) is 1. The molecule has 0 bridgehead atoms. The molecule has 1 fully saturated rings. The maximum atomic E-state index is 13.4. The van der Waals surface area contributed by atoms with Crippen LogP contribution < -0.4 is 5.32 Å². The Morgan fingerprint density at radius 3 is 3.00 bits per heavy atom. The Labute approximate surface area is 93.9 Å². The highest BCUT2D eigenvalue weighted by Gasteiger charge is 2.18. The number of halogens is 2. The Morgan fingerprint density at radius 1 is 1.47 bits per heavy atom. The van der Waals surface area contributed by atoms with E-state index < -0.39 is 0 Å². The molecule has 0 aromatic heterocycles. The van der Waals surface area contributed by atoms with Gasteiger partial charge in [-0.3, -0.25) is 0 Å². The Kier molecular flexibility index (Phi) is 3.39. The van der Waals surface area contributed by atoms with Gasteiger partial charge < -0.3 is 5.32 Å². The second-order valence-electron chi connectivity index (χ2n) is 3.73. The van der Waals surface area contributed by atoms with E-state index in [-0.39, 0.29) is 10.8 Å². The third kappa shape index (κ3) is 3.05. The van der Waals surface area contributed by atoms with E-state index in [1.165, 1.54) is 12.8 Å². The lowest BCUT2D eigenvalue weighted by molar-refractivity contribution is 0.625. The van der Waals surface area contributed by atoms with Gasteiger partial charge in [-0.05, 0) is 18.9 Å².